The van der Waals surface area contributed by atoms with Crippen LogP contribution in [0.1, 0.15) is 24.4 Å². The van der Waals surface area contributed by atoms with Gasteiger partial charge in [-0.3, -0.25) is 0 Å². The molecule has 1 aromatic carbocycles. The highest BCUT2D eigenvalue weighted by atomic mass is 19.3. The molecule has 2 amide bonds. The van der Waals surface area contributed by atoms with Gasteiger partial charge in [0.15, 0.2) is 0 Å². The molecule has 106 valence electrons. The molecule has 5 nitrogen and oxygen atoms in total. The molecule has 0 aromatic heterocycles. The largest absolute Gasteiger partial charge is 0.434 e. The quantitative estimate of drug-likeness (QED) is 0.920. The summed E-state index contributed by atoms with van der Waals surface area (Å²) in [7, 11) is 0. The van der Waals surface area contributed by atoms with Gasteiger partial charge in [0, 0.05) is 11.6 Å². The molecule has 0 bridgehead atoms. The molecule has 1 aliphatic heterocycles. The number of ether oxygens (including phenoxy) is 1. The van der Waals surface area contributed by atoms with Gasteiger partial charge in [-0.15, -0.1) is 0 Å². The topological polar surface area (TPSA) is 67.9 Å². The maximum Gasteiger partial charge on any atom is 0.387 e. The van der Waals surface area contributed by atoms with E-state index in [4.69, 9.17) is 5.73 Å². The van der Waals surface area contributed by atoms with Crippen LogP contribution in [0.15, 0.2) is 29.3 Å². The second-order valence-corrected chi connectivity index (χ2v) is 4.78. The Bertz CT molecular complexity index is 572. The third-order valence-electron chi connectivity index (χ3n) is 3.37. The minimum Gasteiger partial charge on any atom is -0.434 e. The van der Waals surface area contributed by atoms with E-state index in [1.165, 1.54) is 6.07 Å². The number of carbonyl (C=O) groups excluding carboxylic acids is 1. The number of alkyl halides is 2. The van der Waals surface area contributed by atoms with E-state index in [2.05, 4.69) is 9.73 Å². The number of hydrogen-bond acceptors (Lipinski definition) is 3. The fourth-order valence-corrected chi connectivity index (χ4v) is 2.42. The molecule has 20 heavy (non-hydrogen) atoms. The number of para-hydroxylation sites is 1. The van der Waals surface area contributed by atoms with Crippen molar-refractivity contribution in [3.05, 3.63) is 29.8 Å². The fourth-order valence-electron chi connectivity index (χ4n) is 2.42. The van der Waals surface area contributed by atoms with Crippen LogP contribution in [-0.2, 0) is 0 Å². The zero-order chi connectivity index (χ0) is 14.3. The van der Waals surface area contributed by atoms with Crippen molar-refractivity contribution in [1.82, 2.24) is 4.90 Å². The van der Waals surface area contributed by atoms with Gasteiger partial charge < -0.3 is 15.4 Å². The Hall–Kier alpha value is -2.18. The van der Waals surface area contributed by atoms with Crippen molar-refractivity contribution >= 4 is 11.9 Å². The van der Waals surface area contributed by atoms with Crippen molar-refractivity contribution < 1.29 is 18.3 Å². The van der Waals surface area contributed by atoms with Gasteiger partial charge in [-0.25, -0.2) is 4.79 Å². The first-order chi connectivity index (χ1) is 9.58. The zero-order valence-electron chi connectivity index (χ0n) is 10.5. The number of carbonyl (C=O) groups is 1. The molecule has 1 aliphatic carbocycles. The summed E-state index contributed by atoms with van der Waals surface area (Å²) in [5, 5.41) is 0. The van der Waals surface area contributed by atoms with E-state index in [0.717, 1.165) is 12.8 Å². The maximum atomic E-state index is 12.5. The van der Waals surface area contributed by atoms with Crippen LogP contribution >= 0.6 is 0 Å². The molecule has 2 N–H and O–H groups in total. The molecule has 1 aromatic rings. The van der Waals surface area contributed by atoms with Crippen molar-refractivity contribution in [2.75, 3.05) is 0 Å². The van der Waals surface area contributed by atoms with E-state index < -0.39 is 18.7 Å². The number of hydrogen-bond donors (Lipinski definition) is 1. The van der Waals surface area contributed by atoms with Crippen LogP contribution in [0, 0.1) is 0 Å². The number of amides is 2. The molecule has 1 unspecified atom stereocenters. The highest BCUT2D eigenvalue weighted by molar-refractivity contribution is 6.03. The van der Waals surface area contributed by atoms with Crippen molar-refractivity contribution in [2.45, 2.75) is 31.5 Å². The average Bonchev–Trinajstić information content (AvgIpc) is 3.16. The summed E-state index contributed by atoms with van der Waals surface area (Å²) in [6, 6.07) is 5.38. The summed E-state index contributed by atoms with van der Waals surface area (Å²) in [5.74, 6) is 0.137. The molecule has 2 aliphatic rings. The van der Waals surface area contributed by atoms with Gasteiger partial charge in [-0.1, -0.05) is 18.2 Å². The van der Waals surface area contributed by atoms with Crippen LogP contribution < -0.4 is 10.5 Å². The smallest absolute Gasteiger partial charge is 0.387 e. The lowest BCUT2D eigenvalue weighted by Gasteiger charge is -2.25. The second kappa shape index (κ2) is 4.73. The number of benzene rings is 1. The van der Waals surface area contributed by atoms with Crippen LogP contribution in [0.2, 0.25) is 0 Å². The van der Waals surface area contributed by atoms with E-state index in [0.29, 0.717) is 5.56 Å². The lowest BCUT2D eigenvalue weighted by Crippen LogP contribution is -2.35. The zero-order valence-corrected chi connectivity index (χ0v) is 10.5. The minimum absolute atomic E-state index is 0.0194. The lowest BCUT2D eigenvalue weighted by molar-refractivity contribution is -0.0507. The minimum atomic E-state index is -2.93. The second-order valence-electron chi connectivity index (χ2n) is 4.78. The van der Waals surface area contributed by atoms with Crippen LogP contribution in [-0.4, -0.2) is 29.4 Å². The first-order valence-corrected chi connectivity index (χ1v) is 6.28. The summed E-state index contributed by atoms with van der Waals surface area (Å²) in [6.07, 6.45) is 1.76. The van der Waals surface area contributed by atoms with Crippen molar-refractivity contribution in [1.29, 1.82) is 0 Å². The Kier molecular flexibility index (Phi) is 3.04. The van der Waals surface area contributed by atoms with Gasteiger partial charge in [-0.2, -0.15) is 13.8 Å². The van der Waals surface area contributed by atoms with Crippen LogP contribution in [0.5, 0.6) is 5.75 Å². The first kappa shape index (κ1) is 12.8. The van der Waals surface area contributed by atoms with Crippen LogP contribution in [0.25, 0.3) is 0 Å². The van der Waals surface area contributed by atoms with Crippen LogP contribution in [0.3, 0.4) is 0 Å². The summed E-state index contributed by atoms with van der Waals surface area (Å²) in [4.78, 5) is 17.1. The molecule has 1 fully saturated rings. The molecule has 1 atom stereocenters. The predicted octanol–water partition coefficient (Wildman–Crippen LogP) is 2.28. The Morgan fingerprint density at radius 1 is 1.35 bits per heavy atom. The van der Waals surface area contributed by atoms with Gasteiger partial charge in [0.25, 0.3) is 0 Å². The summed E-state index contributed by atoms with van der Waals surface area (Å²) >= 11 is 0. The normalized spacial score (nSPS) is 22.4. The molecule has 1 heterocycles. The Morgan fingerprint density at radius 2 is 2.05 bits per heavy atom. The van der Waals surface area contributed by atoms with Gasteiger partial charge in [0.05, 0.1) is 0 Å². The maximum absolute atomic E-state index is 12.5. The van der Waals surface area contributed by atoms with Crippen molar-refractivity contribution in [3.8, 4) is 5.75 Å². The number of nitrogens with zero attached hydrogens (tertiary/aromatic N) is 2. The van der Waals surface area contributed by atoms with Crippen LogP contribution in [0.4, 0.5) is 13.6 Å². The number of nitrogens with two attached hydrogens (primary N) is 1. The first-order valence-electron chi connectivity index (χ1n) is 6.28. The molecule has 7 heteroatoms. The number of aliphatic imine (C=N–C) groups is 1. The van der Waals surface area contributed by atoms with E-state index in [1.54, 1.807) is 23.1 Å². The van der Waals surface area contributed by atoms with Crippen molar-refractivity contribution in [2.24, 2.45) is 10.7 Å². The Balaban J connectivity index is 1.98. The average molecular weight is 281 g/mol. The monoisotopic (exact) mass is 281 g/mol. The SMILES string of the molecule is NC1=NC(=O)N(C2CC2)C1c1ccccc1OC(F)F. The third-order valence-corrected chi connectivity index (χ3v) is 3.37. The van der Waals surface area contributed by atoms with E-state index in [9.17, 15) is 13.6 Å². The van der Waals surface area contributed by atoms with E-state index >= 15 is 0 Å². The third kappa shape index (κ3) is 2.19. The highest BCUT2D eigenvalue weighted by Gasteiger charge is 2.44. The molecular weight excluding hydrogens is 268 g/mol. The highest BCUT2D eigenvalue weighted by Crippen LogP contribution is 2.40. The molecule has 0 spiro atoms. The standard InChI is InChI=1S/C13H13F2N3O2/c14-12(15)20-9-4-2-1-3-8(9)10-11(16)17-13(19)18(10)7-5-6-7/h1-4,7,10,12H,5-6H2,(H2,16,17,19). The molecule has 1 saturated carbocycles. The number of rotatable bonds is 4. The van der Waals surface area contributed by atoms with E-state index in [1.807, 2.05) is 0 Å². The number of halogens is 2. The van der Waals surface area contributed by atoms with E-state index in [-0.39, 0.29) is 17.6 Å². The fraction of sp³-hybridized carbons (Fsp3) is 0.385. The number of amidine groups is 1. The molecule has 0 radical (unpaired) electrons. The summed E-state index contributed by atoms with van der Waals surface area (Å²) < 4.78 is 29.4. The lowest BCUT2D eigenvalue weighted by atomic mass is 10.0. The Labute approximate surface area is 114 Å². The van der Waals surface area contributed by atoms with Crippen molar-refractivity contribution in [3.63, 3.8) is 0 Å². The van der Waals surface area contributed by atoms with Gasteiger partial charge in [-0.05, 0) is 18.9 Å². The van der Waals surface area contributed by atoms with Gasteiger partial charge in [0.1, 0.15) is 17.6 Å². The molecular formula is C13H13F2N3O2. The predicted molar refractivity (Wildman–Crippen MR) is 67.7 cm³/mol. The Morgan fingerprint density at radius 3 is 2.70 bits per heavy atom. The number of urea groups is 1. The summed E-state index contributed by atoms with van der Waals surface area (Å²) in [5.41, 5.74) is 6.24. The van der Waals surface area contributed by atoms with Gasteiger partial charge >= 0.3 is 12.6 Å². The molecule has 0 saturated heterocycles. The summed E-state index contributed by atoms with van der Waals surface area (Å²) in [6.45, 7) is -2.93. The molecule has 3 rings (SSSR count). The van der Waals surface area contributed by atoms with Gasteiger partial charge in [0.2, 0.25) is 0 Å².